The quantitative estimate of drug-likeness (QED) is 0.0295. The highest BCUT2D eigenvalue weighted by Crippen LogP contribution is 2.41. The van der Waals surface area contributed by atoms with Crippen molar-refractivity contribution in [1.82, 2.24) is 4.90 Å². The monoisotopic (exact) mass is 716 g/mol. The van der Waals surface area contributed by atoms with Crippen LogP contribution in [0.25, 0.3) is 0 Å². The van der Waals surface area contributed by atoms with Crippen LogP contribution in [0.2, 0.25) is 0 Å². The van der Waals surface area contributed by atoms with E-state index in [-0.39, 0.29) is 18.7 Å². The Labute approximate surface area is 306 Å². The molecule has 0 radical (unpaired) electrons. The van der Waals surface area contributed by atoms with Crippen LogP contribution in [0.15, 0.2) is 0 Å². The number of aliphatic hydroxyl groups is 6. The van der Waals surface area contributed by atoms with Crippen LogP contribution in [0, 0.1) is 0 Å². The van der Waals surface area contributed by atoms with Crippen LogP contribution < -0.4 is 0 Å². The Morgan fingerprint density at radius 1 is 0.600 bits per heavy atom. The van der Waals surface area contributed by atoms with E-state index in [1.807, 2.05) is 0 Å². The molecule has 1 amide bonds. The molecule has 1 aliphatic rings. The summed E-state index contributed by atoms with van der Waals surface area (Å²) in [7, 11) is 0. The predicted octanol–water partition coefficient (Wildman–Crippen LogP) is 8.04. The molecule has 1 saturated heterocycles. The molecule has 0 aliphatic carbocycles. The Morgan fingerprint density at radius 3 is 1.32 bits per heavy atom. The van der Waals surface area contributed by atoms with Crippen molar-refractivity contribution in [3.8, 4) is 0 Å². The van der Waals surface area contributed by atoms with Crippen molar-refractivity contribution in [3.63, 3.8) is 0 Å². The molecule has 0 saturated carbocycles. The second kappa shape index (κ2) is 28.7. The number of aliphatic hydroxyl groups excluding tert-OH is 3. The molecule has 9 heteroatoms. The van der Waals surface area contributed by atoms with Gasteiger partial charge in [-0.3, -0.25) is 4.79 Å². The van der Waals surface area contributed by atoms with Crippen LogP contribution >= 0.6 is 0 Å². The van der Waals surface area contributed by atoms with Gasteiger partial charge in [-0.25, -0.2) is 0 Å². The molecule has 0 aromatic heterocycles. The van der Waals surface area contributed by atoms with E-state index in [4.69, 9.17) is 4.74 Å². The maximum atomic E-state index is 13.7. The number of amides is 1. The van der Waals surface area contributed by atoms with E-state index in [0.29, 0.717) is 19.4 Å². The highest BCUT2D eigenvalue weighted by atomic mass is 16.8. The van der Waals surface area contributed by atoms with Crippen LogP contribution in [0.1, 0.15) is 207 Å². The SMILES string of the molecule is CCCCCCCCCCCCCCCCN(C(=O)CCCCCCCCCCCCCCC)C(CC)[C@@]1(O)[C@@H](O)[C@H](O)[C@@H](CO)OC1(O)O. The van der Waals surface area contributed by atoms with Crippen LogP contribution in [-0.4, -0.2) is 90.5 Å². The summed E-state index contributed by atoms with van der Waals surface area (Å²) in [4.78, 5) is 15.2. The van der Waals surface area contributed by atoms with Gasteiger partial charge in [0.15, 0.2) is 5.60 Å². The molecule has 5 atom stereocenters. The first-order chi connectivity index (χ1) is 24.1. The molecular weight excluding hydrogens is 634 g/mol. The van der Waals surface area contributed by atoms with Crippen LogP contribution in [-0.2, 0) is 9.53 Å². The number of carbonyl (C=O) groups excluding carboxylic acids is 1. The maximum absolute atomic E-state index is 13.7. The molecule has 0 spiro atoms. The summed E-state index contributed by atoms with van der Waals surface area (Å²) < 4.78 is 5.11. The zero-order chi connectivity index (χ0) is 37.1. The average Bonchev–Trinajstić information content (AvgIpc) is 3.10. The summed E-state index contributed by atoms with van der Waals surface area (Å²) >= 11 is 0. The number of hydrogen-bond acceptors (Lipinski definition) is 8. The van der Waals surface area contributed by atoms with Gasteiger partial charge in [0, 0.05) is 13.0 Å². The summed E-state index contributed by atoms with van der Waals surface area (Å²) in [6.45, 7) is 5.70. The minimum absolute atomic E-state index is 0.0965. The van der Waals surface area contributed by atoms with E-state index in [2.05, 4.69) is 13.8 Å². The third-order valence-corrected chi connectivity index (χ3v) is 11.0. The minimum Gasteiger partial charge on any atom is -0.394 e. The number of nitrogens with zero attached hydrogens (tertiary/aromatic N) is 1. The van der Waals surface area contributed by atoms with Crippen molar-refractivity contribution in [2.45, 2.75) is 243 Å². The van der Waals surface area contributed by atoms with Gasteiger partial charge < -0.3 is 40.3 Å². The van der Waals surface area contributed by atoms with Gasteiger partial charge in [-0.05, 0) is 19.3 Å². The molecule has 1 fully saturated rings. The number of ether oxygens (including phenoxy) is 1. The lowest BCUT2D eigenvalue weighted by Crippen LogP contribution is -2.79. The lowest BCUT2D eigenvalue weighted by Gasteiger charge is -2.55. The zero-order valence-electron chi connectivity index (χ0n) is 32.7. The van der Waals surface area contributed by atoms with Crippen molar-refractivity contribution in [1.29, 1.82) is 0 Å². The van der Waals surface area contributed by atoms with E-state index in [0.717, 1.165) is 38.5 Å². The topological polar surface area (TPSA) is 151 Å². The molecule has 50 heavy (non-hydrogen) atoms. The first-order valence-electron chi connectivity index (χ1n) is 21.2. The highest BCUT2D eigenvalue weighted by Gasteiger charge is 2.67. The zero-order valence-corrected chi connectivity index (χ0v) is 32.7. The average molecular weight is 716 g/mol. The third kappa shape index (κ3) is 17.3. The molecule has 0 aromatic carbocycles. The Balaban J connectivity index is 2.63. The van der Waals surface area contributed by atoms with Crippen molar-refractivity contribution in [2.75, 3.05) is 13.2 Å². The fourth-order valence-electron chi connectivity index (χ4n) is 7.73. The summed E-state index contributed by atoms with van der Waals surface area (Å²) in [6.07, 6.45) is 27.4. The lowest BCUT2D eigenvalue weighted by molar-refractivity contribution is -0.476. The normalized spacial score (nSPS) is 22.5. The molecule has 0 aromatic rings. The van der Waals surface area contributed by atoms with Gasteiger partial charge in [0.05, 0.1) is 12.6 Å². The summed E-state index contributed by atoms with van der Waals surface area (Å²) in [5, 5.41) is 64.6. The molecule has 1 rings (SSSR count). The molecule has 1 unspecified atom stereocenters. The molecule has 1 aliphatic heterocycles. The van der Waals surface area contributed by atoms with E-state index in [9.17, 15) is 35.4 Å². The summed E-state index contributed by atoms with van der Waals surface area (Å²) in [5.74, 6) is -3.51. The summed E-state index contributed by atoms with van der Waals surface area (Å²) in [6, 6.07) is -1.22. The van der Waals surface area contributed by atoms with Gasteiger partial charge in [-0.1, -0.05) is 181 Å². The number of carbonyl (C=O) groups is 1. The Bertz CT molecular complexity index is 813. The molecular formula is C41H81NO8. The maximum Gasteiger partial charge on any atom is 0.313 e. The summed E-state index contributed by atoms with van der Waals surface area (Å²) in [5.41, 5.74) is -2.78. The Kier molecular flexibility index (Phi) is 27.1. The fourth-order valence-corrected chi connectivity index (χ4v) is 7.73. The largest absolute Gasteiger partial charge is 0.394 e. The Hall–Kier alpha value is -0.810. The van der Waals surface area contributed by atoms with Crippen LogP contribution in [0.3, 0.4) is 0 Å². The van der Waals surface area contributed by atoms with Crippen molar-refractivity contribution < 1.29 is 40.2 Å². The molecule has 0 bridgehead atoms. The number of hydrogen-bond donors (Lipinski definition) is 6. The molecule has 1 heterocycles. The van der Waals surface area contributed by atoms with Gasteiger partial charge in [-0.15, -0.1) is 0 Å². The first kappa shape index (κ1) is 47.2. The first-order valence-corrected chi connectivity index (χ1v) is 21.2. The minimum atomic E-state index is -3.29. The predicted molar refractivity (Wildman–Crippen MR) is 203 cm³/mol. The number of rotatable bonds is 33. The lowest BCUT2D eigenvalue weighted by atomic mass is 9.77. The van der Waals surface area contributed by atoms with Crippen molar-refractivity contribution in [2.24, 2.45) is 0 Å². The Morgan fingerprint density at radius 2 is 0.960 bits per heavy atom. The standard InChI is InChI=1S/C41H81NO8/c1-4-7-9-11-13-15-17-19-21-23-25-27-29-31-33-42(36(6-3)40(47)39(46)38(45)35(34-43)50-41(40,48)49)37(44)32-30-28-26-24-22-20-18-16-14-12-10-8-5-2/h35-36,38-39,43,45-49H,4-34H2,1-3H3/t35-,36?,38-,39+,40-/m1/s1. The van der Waals surface area contributed by atoms with Gasteiger partial charge in [0.25, 0.3) is 0 Å². The second-order valence-electron chi connectivity index (χ2n) is 15.3. The van der Waals surface area contributed by atoms with E-state index in [1.54, 1.807) is 6.92 Å². The van der Waals surface area contributed by atoms with Crippen molar-refractivity contribution >= 4 is 5.91 Å². The molecule has 6 N–H and O–H groups in total. The van der Waals surface area contributed by atoms with Crippen LogP contribution in [0.5, 0.6) is 0 Å². The van der Waals surface area contributed by atoms with Crippen LogP contribution in [0.4, 0.5) is 0 Å². The van der Waals surface area contributed by atoms with E-state index in [1.165, 1.54) is 127 Å². The fraction of sp³-hybridized carbons (Fsp3) is 0.976. The van der Waals surface area contributed by atoms with Gasteiger partial charge in [0.2, 0.25) is 5.91 Å². The second-order valence-corrected chi connectivity index (χ2v) is 15.3. The smallest absolute Gasteiger partial charge is 0.313 e. The van der Waals surface area contributed by atoms with Gasteiger partial charge >= 0.3 is 5.97 Å². The number of unbranched alkanes of at least 4 members (excludes halogenated alkanes) is 25. The molecule has 9 nitrogen and oxygen atoms in total. The van der Waals surface area contributed by atoms with Crippen molar-refractivity contribution in [3.05, 3.63) is 0 Å². The van der Waals surface area contributed by atoms with Gasteiger partial charge in [-0.2, -0.15) is 0 Å². The third-order valence-electron chi connectivity index (χ3n) is 11.0. The van der Waals surface area contributed by atoms with E-state index >= 15 is 0 Å². The van der Waals surface area contributed by atoms with Gasteiger partial charge in [0.1, 0.15) is 18.3 Å². The highest BCUT2D eigenvalue weighted by molar-refractivity contribution is 5.76. The molecule has 298 valence electrons. The van der Waals surface area contributed by atoms with E-state index < -0.39 is 42.5 Å².